The molecule has 0 bridgehead atoms. The molecule has 2 aromatic rings. The highest BCUT2D eigenvalue weighted by Crippen LogP contribution is 2.47. The van der Waals surface area contributed by atoms with E-state index < -0.39 is 33.8 Å². The number of amides is 1. The van der Waals surface area contributed by atoms with Crippen LogP contribution >= 0.6 is 0 Å². The van der Waals surface area contributed by atoms with Crippen LogP contribution in [0, 0.1) is 12.8 Å². The SMILES string of the molecule is Cc1c(C(=O)Nc2ccc(S(C)(=O)=O)cc2)cn(CCO)c1C1CCCCC1C(F)(F)F. The molecule has 176 valence electrons. The third-order valence-electron chi connectivity index (χ3n) is 6.05. The second kappa shape index (κ2) is 9.27. The first-order valence-electron chi connectivity index (χ1n) is 10.4. The molecule has 0 spiro atoms. The number of nitrogens with one attached hydrogen (secondary N) is 1. The Kier molecular flexibility index (Phi) is 7.04. The Morgan fingerprint density at radius 3 is 2.38 bits per heavy atom. The van der Waals surface area contributed by atoms with Crippen molar-refractivity contribution in [1.82, 2.24) is 4.57 Å². The highest BCUT2D eigenvalue weighted by molar-refractivity contribution is 7.90. The monoisotopic (exact) mass is 472 g/mol. The first kappa shape index (κ1) is 24.3. The standard InChI is InChI=1S/C22H27F3N2O4S/c1-14-18(21(29)26-15-7-9-16(10-8-15)32(2,30)31)13-27(11-12-28)20(14)17-5-3-4-6-19(17)22(23,24)25/h7-10,13,17,19,28H,3-6,11-12H2,1-2H3,(H,26,29). The van der Waals surface area contributed by atoms with Crippen molar-refractivity contribution < 1.29 is 31.5 Å². The third-order valence-corrected chi connectivity index (χ3v) is 7.17. The van der Waals surface area contributed by atoms with E-state index in [1.165, 1.54) is 30.5 Å². The van der Waals surface area contributed by atoms with Crippen LogP contribution in [0.3, 0.4) is 0 Å². The van der Waals surface area contributed by atoms with Crippen molar-refractivity contribution in [2.24, 2.45) is 5.92 Å². The van der Waals surface area contributed by atoms with Crippen molar-refractivity contribution in [2.45, 2.75) is 56.1 Å². The molecule has 1 aromatic carbocycles. The number of sulfone groups is 1. The summed E-state index contributed by atoms with van der Waals surface area (Å²) < 4.78 is 65.9. The summed E-state index contributed by atoms with van der Waals surface area (Å²) in [6.45, 7) is 1.46. The molecule has 0 saturated heterocycles. The molecule has 1 fully saturated rings. The number of hydrogen-bond donors (Lipinski definition) is 2. The number of carbonyl (C=O) groups excluding carboxylic acids is 1. The summed E-state index contributed by atoms with van der Waals surface area (Å²) in [6, 6.07) is 5.65. The molecule has 1 saturated carbocycles. The summed E-state index contributed by atoms with van der Waals surface area (Å²) in [5.74, 6) is -2.76. The first-order valence-corrected chi connectivity index (χ1v) is 12.3. The summed E-state index contributed by atoms with van der Waals surface area (Å²) in [4.78, 5) is 13.0. The van der Waals surface area contributed by atoms with E-state index in [9.17, 15) is 31.5 Å². The molecule has 1 aromatic heterocycles. The summed E-state index contributed by atoms with van der Waals surface area (Å²) in [5.41, 5.74) is 1.50. The van der Waals surface area contributed by atoms with Crippen LogP contribution in [0.4, 0.5) is 18.9 Å². The van der Waals surface area contributed by atoms with E-state index in [4.69, 9.17) is 0 Å². The molecular formula is C22H27F3N2O4S. The molecule has 2 atom stereocenters. The number of halogens is 3. The molecule has 0 radical (unpaired) electrons. The average molecular weight is 473 g/mol. The number of aliphatic hydroxyl groups excluding tert-OH is 1. The molecule has 2 unspecified atom stereocenters. The molecule has 2 N–H and O–H groups in total. The van der Waals surface area contributed by atoms with Gasteiger partial charge in [-0.15, -0.1) is 0 Å². The van der Waals surface area contributed by atoms with Crippen LogP contribution in [-0.4, -0.2) is 43.0 Å². The van der Waals surface area contributed by atoms with Gasteiger partial charge in [0.15, 0.2) is 9.84 Å². The van der Waals surface area contributed by atoms with Gasteiger partial charge < -0.3 is 15.0 Å². The Morgan fingerprint density at radius 2 is 1.81 bits per heavy atom. The fourth-order valence-electron chi connectivity index (χ4n) is 4.52. The van der Waals surface area contributed by atoms with Gasteiger partial charge in [-0.25, -0.2) is 8.42 Å². The lowest BCUT2D eigenvalue weighted by atomic mass is 9.76. The zero-order valence-electron chi connectivity index (χ0n) is 17.9. The van der Waals surface area contributed by atoms with Gasteiger partial charge >= 0.3 is 6.18 Å². The number of alkyl halides is 3. The quantitative estimate of drug-likeness (QED) is 0.657. The number of benzene rings is 1. The number of rotatable bonds is 6. The van der Waals surface area contributed by atoms with E-state index in [0.29, 0.717) is 36.2 Å². The molecule has 1 amide bonds. The van der Waals surface area contributed by atoms with E-state index in [1.807, 2.05) is 0 Å². The van der Waals surface area contributed by atoms with E-state index in [0.717, 1.165) is 6.26 Å². The highest BCUT2D eigenvalue weighted by Gasteiger charge is 2.47. The molecule has 32 heavy (non-hydrogen) atoms. The van der Waals surface area contributed by atoms with E-state index in [-0.39, 0.29) is 30.0 Å². The zero-order valence-corrected chi connectivity index (χ0v) is 18.8. The van der Waals surface area contributed by atoms with Gasteiger partial charge in [-0.05, 0) is 49.6 Å². The van der Waals surface area contributed by atoms with Crippen LogP contribution in [-0.2, 0) is 16.4 Å². The van der Waals surface area contributed by atoms with Crippen molar-refractivity contribution >= 4 is 21.4 Å². The van der Waals surface area contributed by atoms with E-state index >= 15 is 0 Å². The predicted molar refractivity (Wildman–Crippen MR) is 115 cm³/mol. The van der Waals surface area contributed by atoms with E-state index in [1.54, 1.807) is 11.5 Å². The number of carbonyl (C=O) groups is 1. The lowest BCUT2D eigenvalue weighted by Gasteiger charge is -2.34. The summed E-state index contributed by atoms with van der Waals surface area (Å²) in [5, 5.41) is 12.1. The van der Waals surface area contributed by atoms with Gasteiger partial charge in [0.1, 0.15) is 0 Å². The summed E-state index contributed by atoms with van der Waals surface area (Å²) in [6.07, 6.45) is -0.166. The van der Waals surface area contributed by atoms with Crippen molar-refractivity contribution in [2.75, 3.05) is 18.2 Å². The van der Waals surface area contributed by atoms with Crippen molar-refractivity contribution in [3.8, 4) is 0 Å². The number of aromatic nitrogens is 1. The number of aliphatic hydroxyl groups is 1. The van der Waals surface area contributed by atoms with Crippen molar-refractivity contribution in [3.05, 3.63) is 47.3 Å². The summed E-state index contributed by atoms with van der Waals surface area (Å²) in [7, 11) is -3.38. The average Bonchev–Trinajstić information content (AvgIpc) is 3.03. The molecule has 1 aliphatic carbocycles. The van der Waals surface area contributed by atoms with Gasteiger partial charge in [-0.2, -0.15) is 13.2 Å². The maximum atomic E-state index is 13.7. The second-order valence-corrected chi connectivity index (χ2v) is 10.3. The Labute approximate surface area is 185 Å². The number of anilines is 1. The maximum Gasteiger partial charge on any atom is 0.392 e. The molecule has 1 aliphatic rings. The smallest absolute Gasteiger partial charge is 0.392 e. The molecular weight excluding hydrogens is 445 g/mol. The van der Waals surface area contributed by atoms with Crippen LogP contribution in [0.2, 0.25) is 0 Å². The predicted octanol–water partition coefficient (Wildman–Crippen LogP) is 4.28. The minimum Gasteiger partial charge on any atom is -0.395 e. The van der Waals surface area contributed by atoms with Gasteiger partial charge in [0.2, 0.25) is 0 Å². The summed E-state index contributed by atoms with van der Waals surface area (Å²) >= 11 is 0. The molecule has 1 heterocycles. The Bertz CT molecular complexity index is 1080. The third kappa shape index (κ3) is 5.17. The van der Waals surface area contributed by atoms with Gasteiger partial charge in [-0.3, -0.25) is 4.79 Å². The fourth-order valence-corrected chi connectivity index (χ4v) is 5.15. The molecule has 3 rings (SSSR count). The normalized spacial score (nSPS) is 19.7. The van der Waals surface area contributed by atoms with Gasteiger partial charge in [-0.1, -0.05) is 12.8 Å². The number of hydrogen-bond acceptors (Lipinski definition) is 4. The van der Waals surface area contributed by atoms with E-state index in [2.05, 4.69) is 5.32 Å². The first-order chi connectivity index (χ1) is 14.9. The van der Waals surface area contributed by atoms with Crippen LogP contribution in [0.1, 0.15) is 53.2 Å². The maximum absolute atomic E-state index is 13.7. The van der Waals surface area contributed by atoms with Crippen LogP contribution in [0.25, 0.3) is 0 Å². The topological polar surface area (TPSA) is 88.4 Å². The molecule has 6 nitrogen and oxygen atoms in total. The molecule has 0 aliphatic heterocycles. The van der Waals surface area contributed by atoms with Gasteiger partial charge in [0, 0.05) is 36.3 Å². The highest BCUT2D eigenvalue weighted by atomic mass is 32.2. The number of nitrogens with zero attached hydrogens (tertiary/aromatic N) is 1. The Morgan fingerprint density at radius 1 is 1.19 bits per heavy atom. The van der Waals surface area contributed by atoms with Crippen molar-refractivity contribution in [1.29, 1.82) is 0 Å². The lowest BCUT2D eigenvalue weighted by molar-refractivity contribution is -0.187. The second-order valence-electron chi connectivity index (χ2n) is 8.26. The van der Waals surface area contributed by atoms with Crippen molar-refractivity contribution in [3.63, 3.8) is 0 Å². The largest absolute Gasteiger partial charge is 0.395 e. The minimum absolute atomic E-state index is 0.0477. The van der Waals surface area contributed by atoms with Crippen LogP contribution in [0.5, 0.6) is 0 Å². The lowest BCUT2D eigenvalue weighted by Crippen LogP contribution is -2.33. The molecule has 10 heteroatoms. The fraction of sp³-hybridized carbons (Fsp3) is 0.500. The van der Waals surface area contributed by atoms with Crippen LogP contribution in [0.15, 0.2) is 35.4 Å². The van der Waals surface area contributed by atoms with Gasteiger partial charge in [0.05, 0.1) is 23.0 Å². The zero-order chi connectivity index (χ0) is 23.7. The Hall–Kier alpha value is -2.33. The van der Waals surface area contributed by atoms with Crippen LogP contribution < -0.4 is 5.32 Å². The van der Waals surface area contributed by atoms with Gasteiger partial charge in [0.25, 0.3) is 5.91 Å². The Balaban J connectivity index is 1.93. The minimum atomic E-state index is -4.34.